The van der Waals surface area contributed by atoms with Crippen LogP contribution in [0.15, 0.2) is 46.4 Å². The van der Waals surface area contributed by atoms with E-state index in [0.717, 1.165) is 74.2 Å². The van der Waals surface area contributed by atoms with Gasteiger partial charge in [-0.15, -0.1) is 0 Å². The van der Waals surface area contributed by atoms with Gasteiger partial charge in [-0.1, -0.05) is 162 Å². The Hall–Kier alpha value is -2.17. The Bertz CT molecular complexity index is 1330. The molecule has 2 aromatic rings. The van der Waals surface area contributed by atoms with Gasteiger partial charge in [0, 0.05) is 22.9 Å². The Morgan fingerprint density at radius 1 is 0.434 bits per heavy atom. The monoisotopic (exact) mass is 767 g/mol. The quantitative estimate of drug-likeness (QED) is 0.0327. The Morgan fingerprint density at radius 3 is 1.28 bits per heavy atom. The molecule has 0 atom stereocenters. The molecule has 3 heteroatoms. The van der Waals surface area contributed by atoms with Crippen molar-refractivity contribution in [2.24, 2.45) is 9.98 Å². The van der Waals surface area contributed by atoms with Crippen LogP contribution in [-0.2, 0) is 42.2 Å². The Kier molecular flexibility index (Phi) is 30.6. The van der Waals surface area contributed by atoms with E-state index in [4.69, 9.17) is 9.98 Å². The van der Waals surface area contributed by atoms with E-state index in [1.54, 1.807) is 0 Å². The molecule has 0 aliphatic heterocycles. The third kappa shape index (κ3) is 22.1. The number of unbranched alkanes of at least 4 members (excludes halogenated alkanes) is 17. The van der Waals surface area contributed by atoms with Gasteiger partial charge in [0.25, 0.3) is 0 Å². The number of benzene rings is 2. The predicted octanol–water partition coefficient (Wildman–Crippen LogP) is 16.2. The molecule has 2 rings (SSSR count). The van der Waals surface area contributed by atoms with Gasteiger partial charge in [-0.2, -0.15) is 0 Å². The Labute approximate surface area is 339 Å². The third-order valence-electron chi connectivity index (χ3n) is 10.5. The summed E-state index contributed by atoms with van der Waals surface area (Å²) in [4.78, 5) is 10.7. The molecule has 0 aliphatic rings. The van der Waals surface area contributed by atoms with Gasteiger partial charge in [0.1, 0.15) is 5.71 Å². The maximum absolute atomic E-state index is 5.38. The molecular formula is C50H80N2Ni. The van der Waals surface area contributed by atoms with E-state index >= 15 is 0 Å². The maximum Gasteiger partial charge on any atom is 0.135 e. The van der Waals surface area contributed by atoms with Crippen molar-refractivity contribution in [3.63, 3.8) is 0 Å². The van der Waals surface area contributed by atoms with E-state index < -0.39 is 0 Å². The minimum Gasteiger partial charge on any atom is -0.251 e. The summed E-state index contributed by atoms with van der Waals surface area (Å²) in [5.74, 6) is 7.19. The van der Waals surface area contributed by atoms with Crippen LogP contribution in [-0.4, -0.2) is 11.4 Å². The van der Waals surface area contributed by atoms with Crippen molar-refractivity contribution in [2.45, 2.75) is 221 Å². The fourth-order valence-electron chi connectivity index (χ4n) is 7.01. The van der Waals surface area contributed by atoms with Crippen LogP contribution in [0.3, 0.4) is 0 Å². The van der Waals surface area contributed by atoms with Gasteiger partial charge in [0.15, 0.2) is 0 Å². The second kappa shape index (κ2) is 33.2. The fourth-order valence-corrected chi connectivity index (χ4v) is 7.01. The Morgan fingerprint density at radius 2 is 0.830 bits per heavy atom. The van der Waals surface area contributed by atoms with E-state index in [1.165, 1.54) is 151 Å². The topological polar surface area (TPSA) is 24.7 Å². The van der Waals surface area contributed by atoms with Gasteiger partial charge in [-0.3, -0.25) is 4.99 Å². The largest absolute Gasteiger partial charge is 0.251 e. The van der Waals surface area contributed by atoms with Gasteiger partial charge in [-0.25, -0.2) is 4.99 Å². The number of nitrogens with zero attached hydrogens (tertiary/aromatic N) is 2. The molecule has 53 heavy (non-hydrogen) atoms. The first kappa shape index (κ1) is 48.9. The molecule has 0 bridgehead atoms. The zero-order valence-corrected chi connectivity index (χ0v) is 36.5. The predicted molar refractivity (Wildman–Crippen MR) is 235 cm³/mol. The van der Waals surface area contributed by atoms with Gasteiger partial charge < -0.3 is 0 Å². The van der Waals surface area contributed by atoms with E-state index in [2.05, 4.69) is 89.8 Å². The summed E-state index contributed by atoms with van der Waals surface area (Å²) in [6.07, 6.45) is 34.8. The van der Waals surface area contributed by atoms with Crippen LogP contribution in [0.25, 0.3) is 0 Å². The summed E-state index contributed by atoms with van der Waals surface area (Å²) >= 11 is 0. The van der Waals surface area contributed by atoms with Crippen LogP contribution in [0.5, 0.6) is 0 Å². The molecule has 0 radical (unpaired) electrons. The second-order valence-corrected chi connectivity index (χ2v) is 15.4. The smallest absolute Gasteiger partial charge is 0.135 e. The average molecular weight is 768 g/mol. The van der Waals surface area contributed by atoms with Crippen molar-refractivity contribution in [1.29, 1.82) is 0 Å². The summed E-state index contributed by atoms with van der Waals surface area (Å²) < 4.78 is 0. The van der Waals surface area contributed by atoms with Gasteiger partial charge >= 0.3 is 0 Å². The molecule has 0 N–H and O–H groups in total. The van der Waals surface area contributed by atoms with Crippen LogP contribution >= 0.6 is 0 Å². The number of rotatable bonds is 30. The molecule has 300 valence electrons. The number of hydrogen-bond acceptors (Lipinski definition) is 2. The maximum atomic E-state index is 5.38. The number of aryl methyl sites for hydroxylation is 4. The van der Waals surface area contributed by atoms with Crippen LogP contribution in [0.1, 0.15) is 218 Å². The van der Waals surface area contributed by atoms with Crippen molar-refractivity contribution < 1.29 is 16.5 Å². The zero-order chi connectivity index (χ0) is 37.5. The first-order valence-corrected chi connectivity index (χ1v) is 22.5. The number of aliphatic imine (C=N–C) groups is 2. The third-order valence-corrected chi connectivity index (χ3v) is 10.5. The molecule has 0 aromatic heterocycles. The minimum atomic E-state index is 0. The standard InChI is InChI=1S/C50H80N2.Ni/c1-7-13-19-20-21-22-23-24-25-26-27-28-29-30-36-50(52-48-40-38-44(32-15-9-3)46(42-48)34-17-11-5)49(35-18-12-6)51-47-39-37-43(31-14-8-2)45(41-47)33-16-10-4;/h37-42H,7-29,31-35H2,1-6H3;. The molecule has 2 nitrogen and oxygen atoms in total. The fraction of sp³-hybridized carbons (Fsp3) is 0.680. The van der Waals surface area contributed by atoms with Gasteiger partial charge in [0.2, 0.25) is 0 Å². The van der Waals surface area contributed by atoms with E-state index in [9.17, 15) is 0 Å². The SMILES string of the molecule is CCCCCCCCCCCCCCC#CC(=Nc1ccc(CCCC)c(CCCC)c1)C(CCCC)=Nc1ccc(CCCC)c(CCCC)c1.[Ni]. The summed E-state index contributed by atoms with van der Waals surface area (Å²) in [7, 11) is 0. The van der Waals surface area contributed by atoms with Crippen LogP contribution in [0.4, 0.5) is 11.4 Å². The van der Waals surface area contributed by atoms with Crippen LogP contribution in [0.2, 0.25) is 0 Å². The van der Waals surface area contributed by atoms with Gasteiger partial charge in [0.05, 0.1) is 17.1 Å². The van der Waals surface area contributed by atoms with Gasteiger partial charge in [-0.05, 0) is 123 Å². The second-order valence-electron chi connectivity index (χ2n) is 15.4. The normalized spacial score (nSPS) is 11.7. The Balaban J connectivity index is 0.0000140. The van der Waals surface area contributed by atoms with Crippen LogP contribution < -0.4 is 0 Å². The van der Waals surface area contributed by atoms with E-state index in [1.807, 2.05) is 0 Å². The van der Waals surface area contributed by atoms with Crippen molar-refractivity contribution in [2.75, 3.05) is 0 Å². The molecular weight excluding hydrogens is 687 g/mol. The van der Waals surface area contributed by atoms with Crippen molar-refractivity contribution in [3.05, 3.63) is 58.7 Å². The van der Waals surface area contributed by atoms with Crippen LogP contribution in [0, 0.1) is 11.8 Å². The first-order chi connectivity index (χ1) is 25.6. The molecule has 0 spiro atoms. The molecule has 0 amide bonds. The summed E-state index contributed by atoms with van der Waals surface area (Å²) in [5.41, 5.74) is 9.97. The molecule has 0 heterocycles. The molecule has 0 unspecified atom stereocenters. The molecule has 0 saturated heterocycles. The molecule has 0 saturated carbocycles. The molecule has 0 aliphatic carbocycles. The number of hydrogen-bond donors (Lipinski definition) is 0. The molecule has 2 aromatic carbocycles. The van der Waals surface area contributed by atoms with E-state index in [-0.39, 0.29) is 16.5 Å². The summed E-state index contributed by atoms with van der Waals surface area (Å²) in [6.45, 7) is 13.7. The molecule has 0 fully saturated rings. The average Bonchev–Trinajstić information content (AvgIpc) is 3.16. The zero-order valence-electron chi connectivity index (χ0n) is 35.5. The van der Waals surface area contributed by atoms with Crippen molar-refractivity contribution in [3.8, 4) is 11.8 Å². The minimum absolute atomic E-state index is 0. The summed E-state index contributed by atoms with van der Waals surface area (Å²) in [5, 5.41) is 0. The van der Waals surface area contributed by atoms with Crippen molar-refractivity contribution >= 4 is 22.8 Å². The van der Waals surface area contributed by atoms with E-state index in [0.29, 0.717) is 0 Å². The van der Waals surface area contributed by atoms with Crippen molar-refractivity contribution in [1.82, 2.24) is 0 Å². The summed E-state index contributed by atoms with van der Waals surface area (Å²) in [6, 6.07) is 13.9. The first-order valence-electron chi connectivity index (χ1n) is 22.5.